The highest BCUT2D eigenvalue weighted by Crippen LogP contribution is 2.30. The number of esters is 1. The zero-order valence-electron chi connectivity index (χ0n) is 16.9. The summed E-state index contributed by atoms with van der Waals surface area (Å²) < 4.78 is 66.8. The number of rotatable bonds is 5. The molecule has 2 atom stereocenters. The van der Waals surface area contributed by atoms with Gasteiger partial charge in [0, 0.05) is 18.5 Å². The zero-order chi connectivity index (χ0) is 23.7. The van der Waals surface area contributed by atoms with E-state index in [9.17, 15) is 36.0 Å². The molecule has 1 N–H and O–H groups in total. The fourth-order valence-electron chi connectivity index (χ4n) is 3.27. The van der Waals surface area contributed by atoms with Crippen LogP contribution in [-0.4, -0.2) is 60.6 Å². The molecule has 13 heteroatoms. The number of hydrogen-bond donors (Lipinski definition) is 1. The number of alkyl halides is 3. The van der Waals surface area contributed by atoms with Crippen LogP contribution in [-0.2, 0) is 35.1 Å². The van der Waals surface area contributed by atoms with Crippen LogP contribution in [0.25, 0.3) is 0 Å². The lowest BCUT2D eigenvalue weighted by Crippen LogP contribution is -2.42. The molecule has 1 fully saturated rings. The maximum Gasteiger partial charge on any atom is 0.416 e. The zero-order valence-corrected chi connectivity index (χ0v) is 17.7. The van der Waals surface area contributed by atoms with E-state index in [1.807, 2.05) is 0 Å². The van der Waals surface area contributed by atoms with Crippen molar-refractivity contribution in [2.45, 2.75) is 44.5 Å². The molecule has 1 saturated heterocycles. The summed E-state index contributed by atoms with van der Waals surface area (Å²) in [4.78, 5) is 36.8. The Labute approximate surface area is 181 Å². The van der Waals surface area contributed by atoms with E-state index in [1.54, 1.807) is 0 Å². The summed E-state index contributed by atoms with van der Waals surface area (Å²) in [7, 11) is -3.28. The summed E-state index contributed by atoms with van der Waals surface area (Å²) >= 11 is 0. The third-order valence-electron chi connectivity index (χ3n) is 4.96. The van der Waals surface area contributed by atoms with Gasteiger partial charge in [-0.15, -0.1) is 0 Å². The number of nitrogens with one attached hydrogen (secondary N) is 1. The Morgan fingerprint density at radius 2 is 2.00 bits per heavy atom. The summed E-state index contributed by atoms with van der Waals surface area (Å²) in [6.07, 6.45) is -5.86. The topological polar surface area (TPSA) is 122 Å². The van der Waals surface area contributed by atoms with Crippen molar-refractivity contribution in [3.8, 4) is 0 Å². The number of halogens is 3. The number of benzene rings is 1. The minimum Gasteiger partial charge on any atom is -0.448 e. The van der Waals surface area contributed by atoms with E-state index in [-0.39, 0.29) is 42.2 Å². The van der Waals surface area contributed by atoms with Crippen molar-refractivity contribution < 1.29 is 40.7 Å². The van der Waals surface area contributed by atoms with Crippen LogP contribution in [0.1, 0.15) is 31.7 Å². The van der Waals surface area contributed by atoms with Crippen LogP contribution >= 0.6 is 0 Å². The number of nitrogens with zero attached hydrogens (tertiary/aromatic N) is 2. The van der Waals surface area contributed by atoms with E-state index < -0.39 is 51.5 Å². The van der Waals surface area contributed by atoms with Crippen molar-refractivity contribution in [3.05, 3.63) is 29.8 Å². The number of carbonyl (C=O) groups excluding carboxylic acids is 3. The van der Waals surface area contributed by atoms with E-state index >= 15 is 0 Å². The molecule has 0 aliphatic carbocycles. The van der Waals surface area contributed by atoms with Gasteiger partial charge in [-0.25, -0.2) is 18.2 Å². The highest BCUT2D eigenvalue weighted by atomic mass is 32.2. The van der Waals surface area contributed by atoms with Gasteiger partial charge in [0.1, 0.15) is 5.71 Å². The first-order valence-corrected chi connectivity index (χ1v) is 11.5. The highest BCUT2D eigenvalue weighted by Gasteiger charge is 2.38. The molecule has 2 aliphatic rings. The second kappa shape index (κ2) is 8.88. The monoisotopic (exact) mass is 475 g/mol. The Hall–Kier alpha value is -2.96. The van der Waals surface area contributed by atoms with Gasteiger partial charge in [0.15, 0.2) is 15.9 Å². The Kier molecular flexibility index (Phi) is 6.58. The number of sulfone groups is 1. The van der Waals surface area contributed by atoms with Gasteiger partial charge in [0.25, 0.3) is 5.91 Å². The van der Waals surface area contributed by atoms with E-state index in [1.165, 1.54) is 13.0 Å². The van der Waals surface area contributed by atoms with Crippen molar-refractivity contribution in [2.75, 3.05) is 16.8 Å². The van der Waals surface area contributed by atoms with Crippen molar-refractivity contribution in [1.29, 1.82) is 0 Å². The molecule has 9 nitrogen and oxygen atoms in total. The molecule has 1 aromatic rings. The smallest absolute Gasteiger partial charge is 0.416 e. The first-order chi connectivity index (χ1) is 14.9. The maximum absolute atomic E-state index is 12.8. The quantitative estimate of drug-likeness (QED) is 0.648. The van der Waals surface area contributed by atoms with Crippen LogP contribution in [0.2, 0.25) is 0 Å². The van der Waals surface area contributed by atoms with E-state index in [2.05, 4.69) is 10.4 Å². The third-order valence-corrected chi connectivity index (χ3v) is 6.71. The SMILES string of the molecule is C[C@H](OC(=O)C1=NN([C@@H]2CCS(=O)(=O)C2)C(=O)CC1)C(=O)Nc1cccc(C(F)(F)F)c1. The van der Waals surface area contributed by atoms with E-state index in [0.717, 1.165) is 23.2 Å². The van der Waals surface area contributed by atoms with E-state index in [4.69, 9.17) is 4.74 Å². The van der Waals surface area contributed by atoms with Crippen LogP contribution in [0.15, 0.2) is 29.4 Å². The summed E-state index contributed by atoms with van der Waals surface area (Å²) in [5, 5.41) is 7.18. The molecule has 3 rings (SSSR count). The van der Waals surface area contributed by atoms with Crippen LogP contribution in [0, 0.1) is 0 Å². The van der Waals surface area contributed by atoms with Crippen LogP contribution in [0.4, 0.5) is 18.9 Å². The van der Waals surface area contributed by atoms with Gasteiger partial charge in [0.2, 0.25) is 5.91 Å². The minimum absolute atomic E-state index is 0.0460. The number of hydrazone groups is 1. The molecule has 32 heavy (non-hydrogen) atoms. The van der Waals surface area contributed by atoms with Gasteiger partial charge < -0.3 is 10.1 Å². The largest absolute Gasteiger partial charge is 0.448 e. The molecule has 0 saturated carbocycles. The number of anilines is 1. The first kappa shape index (κ1) is 23.7. The van der Waals surface area contributed by atoms with Gasteiger partial charge in [-0.1, -0.05) is 6.07 Å². The standard InChI is InChI=1S/C19H20F3N3O6S/c1-11(17(27)23-13-4-2-3-12(9-13)19(20,21)22)31-18(28)15-5-6-16(26)25(24-15)14-7-8-32(29,30)10-14/h2-4,9,11,14H,5-8,10H2,1H3,(H,23,27)/t11-,14+/m0/s1. The molecule has 0 aromatic heterocycles. The molecule has 2 aliphatic heterocycles. The average Bonchev–Trinajstić information content (AvgIpc) is 3.07. The second-order valence-corrected chi connectivity index (χ2v) is 9.69. The Morgan fingerprint density at radius 3 is 2.62 bits per heavy atom. The number of hydrogen-bond acceptors (Lipinski definition) is 7. The number of ether oxygens (including phenoxy) is 1. The molecule has 0 bridgehead atoms. The van der Waals surface area contributed by atoms with Crippen molar-refractivity contribution in [2.24, 2.45) is 5.10 Å². The summed E-state index contributed by atoms with van der Waals surface area (Å²) in [6.45, 7) is 1.23. The molecular weight excluding hydrogens is 455 g/mol. The Morgan fingerprint density at radius 1 is 1.28 bits per heavy atom. The molecule has 2 amide bonds. The molecule has 174 valence electrons. The fourth-order valence-corrected chi connectivity index (χ4v) is 4.96. The Balaban J connectivity index is 1.64. The van der Waals surface area contributed by atoms with Crippen LogP contribution in [0.3, 0.4) is 0 Å². The Bertz CT molecular complexity index is 1070. The normalized spacial score (nSPS) is 21.6. The maximum atomic E-state index is 12.8. The lowest BCUT2D eigenvalue weighted by atomic mass is 10.1. The predicted octanol–water partition coefficient (Wildman–Crippen LogP) is 1.74. The van der Waals surface area contributed by atoms with Crippen molar-refractivity contribution in [3.63, 3.8) is 0 Å². The summed E-state index contributed by atoms with van der Waals surface area (Å²) in [5.41, 5.74) is -1.22. The summed E-state index contributed by atoms with van der Waals surface area (Å²) in [5.74, 6) is -2.58. The van der Waals surface area contributed by atoms with Gasteiger partial charge >= 0.3 is 12.1 Å². The number of carbonyl (C=O) groups is 3. The molecule has 0 unspecified atom stereocenters. The minimum atomic E-state index is -4.58. The average molecular weight is 475 g/mol. The number of amides is 2. The van der Waals surface area contributed by atoms with Gasteiger partial charge in [-0.05, 0) is 31.5 Å². The van der Waals surface area contributed by atoms with Gasteiger partial charge in [-0.2, -0.15) is 18.3 Å². The van der Waals surface area contributed by atoms with Crippen molar-refractivity contribution in [1.82, 2.24) is 5.01 Å². The molecular formula is C19H20F3N3O6S. The lowest BCUT2D eigenvalue weighted by molar-refractivity contribution is -0.147. The lowest BCUT2D eigenvalue weighted by Gasteiger charge is -2.27. The molecule has 1 aromatic carbocycles. The second-order valence-electron chi connectivity index (χ2n) is 7.46. The fraction of sp³-hybridized carbons (Fsp3) is 0.474. The predicted molar refractivity (Wildman–Crippen MR) is 106 cm³/mol. The first-order valence-electron chi connectivity index (χ1n) is 9.65. The van der Waals surface area contributed by atoms with E-state index in [0.29, 0.717) is 0 Å². The van der Waals surface area contributed by atoms with Gasteiger partial charge in [0.05, 0.1) is 23.1 Å². The highest BCUT2D eigenvalue weighted by molar-refractivity contribution is 7.91. The third kappa shape index (κ3) is 5.64. The molecule has 2 heterocycles. The van der Waals surface area contributed by atoms with Crippen molar-refractivity contribution >= 4 is 39.0 Å². The summed E-state index contributed by atoms with van der Waals surface area (Å²) in [6, 6.07) is 3.31. The van der Waals surface area contributed by atoms with Gasteiger partial charge in [-0.3, -0.25) is 9.59 Å². The van der Waals surface area contributed by atoms with Crippen LogP contribution < -0.4 is 5.32 Å². The van der Waals surface area contributed by atoms with Crippen LogP contribution in [0.5, 0.6) is 0 Å². The molecule has 0 spiro atoms. The molecule has 0 radical (unpaired) electrons.